The smallest absolute Gasteiger partial charge is 0.279 e. The third-order valence-electron chi connectivity index (χ3n) is 3.88. The first kappa shape index (κ1) is 12.1. The van der Waals surface area contributed by atoms with E-state index >= 15 is 0 Å². The Balaban J connectivity index is 1.77. The Morgan fingerprint density at radius 1 is 1.29 bits per heavy atom. The van der Waals surface area contributed by atoms with Gasteiger partial charge in [0, 0.05) is 30.2 Å². The minimum absolute atomic E-state index is 0.0713. The molecule has 4 rings (SSSR count). The van der Waals surface area contributed by atoms with Crippen LogP contribution in [0.1, 0.15) is 23.0 Å². The molecule has 3 aromatic rings. The van der Waals surface area contributed by atoms with Crippen LogP contribution < -0.4 is 4.90 Å². The van der Waals surface area contributed by atoms with Crippen LogP contribution in [0.4, 0.5) is 5.69 Å². The fourth-order valence-electron chi connectivity index (χ4n) is 2.93. The molecular weight excluding hydrogens is 264 g/mol. The van der Waals surface area contributed by atoms with Crippen molar-refractivity contribution in [2.75, 3.05) is 4.90 Å². The van der Waals surface area contributed by atoms with E-state index in [0.717, 1.165) is 12.1 Å². The molecule has 3 heterocycles. The Morgan fingerprint density at radius 2 is 2.14 bits per heavy atom. The van der Waals surface area contributed by atoms with Crippen LogP contribution in [0.2, 0.25) is 0 Å². The summed E-state index contributed by atoms with van der Waals surface area (Å²) in [6, 6.07) is 11.7. The summed E-state index contributed by atoms with van der Waals surface area (Å²) in [5, 5.41) is 4.33. The van der Waals surface area contributed by atoms with Crippen molar-refractivity contribution < 1.29 is 4.79 Å². The van der Waals surface area contributed by atoms with E-state index in [0.29, 0.717) is 11.3 Å². The highest BCUT2D eigenvalue weighted by atomic mass is 16.2. The number of carbonyl (C=O) groups is 1. The molecule has 5 heteroatoms. The van der Waals surface area contributed by atoms with Crippen molar-refractivity contribution in [1.82, 2.24) is 14.6 Å². The van der Waals surface area contributed by atoms with Crippen molar-refractivity contribution in [3.63, 3.8) is 0 Å². The number of amides is 1. The van der Waals surface area contributed by atoms with Crippen LogP contribution in [-0.2, 0) is 6.42 Å². The molecule has 1 aliphatic rings. The van der Waals surface area contributed by atoms with Crippen molar-refractivity contribution in [2.45, 2.75) is 19.4 Å². The largest absolute Gasteiger partial charge is 0.304 e. The molecule has 1 aromatic carbocycles. The van der Waals surface area contributed by atoms with Crippen LogP contribution in [0.5, 0.6) is 0 Å². The summed E-state index contributed by atoms with van der Waals surface area (Å²) in [5.41, 5.74) is 3.30. The standard InChI is InChI=1S/C16H14N4O/c1-11-9-12-5-2-3-6-14(12)20(11)16(21)13-10-15-17-7-4-8-19(15)18-13/h2-8,10-11H,9H2,1H3/t11-/m0/s1. The average Bonchev–Trinajstić information content (AvgIpc) is 3.06. The summed E-state index contributed by atoms with van der Waals surface area (Å²) in [4.78, 5) is 18.8. The fraction of sp³-hybridized carbons (Fsp3) is 0.188. The maximum atomic E-state index is 12.8. The number of fused-ring (bicyclic) bond motifs is 2. The van der Waals surface area contributed by atoms with Gasteiger partial charge in [0.2, 0.25) is 0 Å². The lowest BCUT2D eigenvalue weighted by atomic mass is 10.1. The number of benzene rings is 1. The molecule has 104 valence electrons. The monoisotopic (exact) mass is 278 g/mol. The second kappa shape index (κ2) is 4.41. The van der Waals surface area contributed by atoms with Crippen LogP contribution in [0.25, 0.3) is 5.65 Å². The van der Waals surface area contributed by atoms with Crippen LogP contribution >= 0.6 is 0 Å². The van der Waals surface area contributed by atoms with E-state index in [1.165, 1.54) is 5.56 Å². The van der Waals surface area contributed by atoms with Gasteiger partial charge >= 0.3 is 0 Å². The molecular formula is C16H14N4O. The van der Waals surface area contributed by atoms with E-state index in [2.05, 4.69) is 23.1 Å². The SMILES string of the molecule is C[C@H]1Cc2ccccc2N1C(=O)c1cc2ncccn2n1. The lowest BCUT2D eigenvalue weighted by Crippen LogP contribution is -2.36. The van der Waals surface area contributed by atoms with Gasteiger partial charge < -0.3 is 4.90 Å². The first-order valence-corrected chi connectivity index (χ1v) is 6.96. The van der Waals surface area contributed by atoms with E-state index in [-0.39, 0.29) is 11.9 Å². The van der Waals surface area contributed by atoms with Gasteiger partial charge in [0.25, 0.3) is 5.91 Å². The van der Waals surface area contributed by atoms with Crippen LogP contribution in [0.15, 0.2) is 48.8 Å². The summed E-state index contributed by atoms with van der Waals surface area (Å²) < 4.78 is 1.62. The Bertz CT molecular complexity index is 806. The third-order valence-corrected chi connectivity index (χ3v) is 3.88. The van der Waals surface area contributed by atoms with Gasteiger partial charge in [-0.1, -0.05) is 18.2 Å². The van der Waals surface area contributed by atoms with Crippen molar-refractivity contribution in [2.24, 2.45) is 0 Å². The van der Waals surface area contributed by atoms with Gasteiger partial charge in [-0.05, 0) is 31.0 Å². The molecule has 1 atom stereocenters. The molecule has 0 N–H and O–H groups in total. The minimum Gasteiger partial charge on any atom is -0.304 e. The van der Waals surface area contributed by atoms with Crippen LogP contribution in [-0.4, -0.2) is 26.5 Å². The highest BCUT2D eigenvalue weighted by Crippen LogP contribution is 2.32. The van der Waals surface area contributed by atoms with Gasteiger partial charge in [-0.25, -0.2) is 9.50 Å². The highest BCUT2D eigenvalue weighted by Gasteiger charge is 2.32. The van der Waals surface area contributed by atoms with Gasteiger partial charge in [0.1, 0.15) is 0 Å². The van der Waals surface area contributed by atoms with E-state index in [1.807, 2.05) is 23.1 Å². The molecule has 0 spiro atoms. The summed E-state index contributed by atoms with van der Waals surface area (Å²) in [5.74, 6) is -0.0713. The van der Waals surface area contributed by atoms with Crippen molar-refractivity contribution in [3.05, 3.63) is 60.0 Å². The van der Waals surface area contributed by atoms with Gasteiger partial charge in [0.05, 0.1) is 0 Å². The Hall–Kier alpha value is -2.69. The molecule has 1 amide bonds. The Kier molecular flexibility index (Phi) is 2.54. The molecule has 21 heavy (non-hydrogen) atoms. The molecule has 2 aromatic heterocycles. The zero-order chi connectivity index (χ0) is 14.4. The number of aromatic nitrogens is 3. The van der Waals surface area contributed by atoms with E-state index in [1.54, 1.807) is 29.0 Å². The maximum Gasteiger partial charge on any atom is 0.279 e. The zero-order valence-corrected chi connectivity index (χ0v) is 11.6. The third kappa shape index (κ3) is 1.81. The minimum atomic E-state index is -0.0713. The van der Waals surface area contributed by atoms with Gasteiger partial charge in [-0.15, -0.1) is 0 Å². The Labute approximate surface area is 121 Å². The molecule has 1 aliphatic heterocycles. The summed E-state index contributed by atoms with van der Waals surface area (Å²) in [7, 11) is 0. The summed E-state index contributed by atoms with van der Waals surface area (Å²) >= 11 is 0. The van der Waals surface area contributed by atoms with E-state index < -0.39 is 0 Å². The first-order chi connectivity index (χ1) is 10.2. The second-order valence-electron chi connectivity index (χ2n) is 5.31. The molecule has 0 saturated heterocycles. The van der Waals surface area contributed by atoms with Gasteiger partial charge in [-0.3, -0.25) is 4.79 Å². The normalized spacial score (nSPS) is 17.2. The highest BCUT2D eigenvalue weighted by molar-refractivity contribution is 6.07. The second-order valence-corrected chi connectivity index (χ2v) is 5.31. The number of anilines is 1. The van der Waals surface area contributed by atoms with Crippen LogP contribution in [0, 0.1) is 0 Å². The van der Waals surface area contributed by atoms with Gasteiger partial charge in [-0.2, -0.15) is 5.10 Å². The van der Waals surface area contributed by atoms with Crippen LogP contribution in [0.3, 0.4) is 0 Å². The zero-order valence-electron chi connectivity index (χ0n) is 11.6. The van der Waals surface area contributed by atoms with E-state index in [9.17, 15) is 4.79 Å². The fourth-order valence-corrected chi connectivity index (χ4v) is 2.93. The van der Waals surface area contributed by atoms with E-state index in [4.69, 9.17) is 0 Å². The molecule has 0 unspecified atom stereocenters. The Morgan fingerprint density at radius 3 is 3.00 bits per heavy atom. The number of para-hydroxylation sites is 1. The topological polar surface area (TPSA) is 50.5 Å². The number of hydrogen-bond acceptors (Lipinski definition) is 3. The number of hydrogen-bond donors (Lipinski definition) is 0. The van der Waals surface area contributed by atoms with Gasteiger partial charge in [0.15, 0.2) is 11.3 Å². The van der Waals surface area contributed by atoms with Crippen molar-refractivity contribution in [3.8, 4) is 0 Å². The molecule has 0 fully saturated rings. The maximum absolute atomic E-state index is 12.8. The van der Waals surface area contributed by atoms with Crippen molar-refractivity contribution >= 4 is 17.2 Å². The number of carbonyl (C=O) groups excluding carboxylic acids is 1. The first-order valence-electron chi connectivity index (χ1n) is 6.96. The average molecular weight is 278 g/mol. The lowest BCUT2D eigenvalue weighted by Gasteiger charge is -2.21. The number of rotatable bonds is 1. The summed E-state index contributed by atoms with van der Waals surface area (Å²) in [6.45, 7) is 2.06. The lowest BCUT2D eigenvalue weighted by molar-refractivity contribution is 0.0976. The van der Waals surface area contributed by atoms with Crippen molar-refractivity contribution in [1.29, 1.82) is 0 Å². The quantitative estimate of drug-likeness (QED) is 0.686. The predicted octanol–water partition coefficient (Wildman–Crippen LogP) is 2.32. The molecule has 0 saturated carbocycles. The number of nitrogens with zero attached hydrogens (tertiary/aromatic N) is 4. The molecule has 0 radical (unpaired) electrons. The molecule has 0 aliphatic carbocycles. The summed E-state index contributed by atoms with van der Waals surface area (Å²) in [6.07, 6.45) is 4.37. The predicted molar refractivity (Wildman–Crippen MR) is 79.4 cm³/mol. The molecule has 5 nitrogen and oxygen atoms in total. The molecule has 0 bridgehead atoms.